The second kappa shape index (κ2) is 6.54. The van der Waals surface area contributed by atoms with E-state index in [2.05, 4.69) is 37.4 Å². The minimum Gasteiger partial charge on any atom is -0.494 e. The first-order valence-electron chi connectivity index (χ1n) is 7.79. The maximum atomic E-state index is 12.1. The third-order valence-electron chi connectivity index (χ3n) is 4.12. The van der Waals surface area contributed by atoms with Gasteiger partial charge in [-0.3, -0.25) is 4.72 Å². The summed E-state index contributed by atoms with van der Waals surface area (Å²) in [7, 11) is -1.80. The molecule has 2 heterocycles. The third kappa shape index (κ3) is 3.23. The van der Waals surface area contributed by atoms with Gasteiger partial charge in [0.1, 0.15) is 20.3 Å². The van der Waals surface area contributed by atoms with Crippen LogP contribution in [0, 0.1) is 3.70 Å². The van der Waals surface area contributed by atoms with Crippen LogP contribution < -0.4 is 9.46 Å². The van der Waals surface area contributed by atoms with Gasteiger partial charge in [0, 0.05) is 18.3 Å². The summed E-state index contributed by atoms with van der Waals surface area (Å²) in [6, 6.07) is 6.84. The Morgan fingerprint density at radius 3 is 2.81 bits per heavy atom. The molecule has 26 heavy (non-hydrogen) atoms. The van der Waals surface area contributed by atoms with E-state index in [9.17, 15) is 8.42 Å². The lowest BCUT2D eigenvalue weighted by molar-refractivity contribution is 0.412. The fourth-order valence-electron chi connectivity index (χ4n) is 2.68. The van der Waals surface area contributed by atoms with Gasteiger partial charge in [0.25, 0.3) is 0 Å². The molecule has 0 bridgehead atoms. The molecule has 1 aliphatic carbocycles. The SMILES string of the molecule is COc1cc(NS(=O)(=O)C2CC2)ccc1-n1nc(I)c2cnc(Cl)cc21. The number of halogens is 2. The number of rotatable bonds is 5. The Hall–Kier alpha value is -1.59. The van der Waals surface area contributed by atoms with Gasteiger partial charge in [0.2, 0.25) is 10.0 Å². The summed E-state index contributed by atoms with van der Waals surface area (Å²) in [6.45, 7) is 0. The smallest absolute Gasteiger partial charge is 0.235 e. The Labute approximate surface area is 168 Å². The van der Waals surface area contributed by atoms with E-state index in [1.807, 2.05) is 0 Å². The van der Waals surface area contributed by atoms with Gasteiger partial charge in [-0.2, -0.15) is 5.10 Å². The van der Waals surface area contributed by atoms with Crippen LogP contribution in [0.1, 0.15) is 12.8 Å². The highest BCUT2D eigenvalue weighted by atomic mass is 127. The minimum atomic E-state index is -3.33. The number of anilines is 1. The summed E-state index contributed by atoms with van der Waals surface area (Å²) in [4.78, 5) is 4.09. The number of ether oxygens (including phenoxy) is 1. The highest BCUT2D eigenvalue weighted by Gasteiger charge is 2.35. The average molecular weight is 505 g/mol. The normalized spacial score (nSPS) is 14.6. The molecule has 1 aliphatic rings. The number of nitrogens with zero attached hydrogens (tertiary/aromatic N) is 3. The molecule has 0 spiro atoms. The molecule has 1 aromatic carbocycles. The number of methoxy groups -OCH3 is 1. The number of nitrogens with one attached hydrogen (secondary N) is 1. The fourth-order valence-corrected chi connectivity index (χ4v) is 4.84. The van der Waals surface area contributed by atoms with Gasteiger partial charge in [0.15, 0.2) is 0 Å². The second-order valence-corrected chi connectivity index (χ2v) is 9.33. The lowest BCUT2D eigenvalue weighted by Crippen LogP contribution is -2.17. The maximum Gasteiger partial charge on any atom is 0.235 e. The lowest BCUT2D eigenvalue weighted by Gasteiger charge is -2.13. The van der Waals surface area contributed by atoms with Crippen LogP contribution in [0.4, 0.5) is 5.69 Å². The summed E-state index contributed by atoms with van der Waals surface area (Å²) < 4.78 is 34.9. The first-order chi connectivity index (χ1) is 12.4. The lowest BCUT2D eigenvalue weighted by atomic mass is 10.2. The largest absolute Gasteiger partial charge is 0.494 e. The van der Waals surface area contributed by atoms with Crippen LogP contribution in [0.15, 0.2) is 30.5 Å². The van der Waals surface area contributed by atoms with Crippen LogP contribution in [0.2, 0.25) is 5.15 Å². The highest BCUT2D eigenvalue weighted by Crippen LogP contribution is 2.34. The molecular formula is C16H14ClIN4O3S. The molecule has 0 saturated heterocycles. The summed E-state index contributed by atoms with van der Waals surface area (Å²) in [6.07, 6.45) is 3.08. The van der Waals surface area contributed by atoms with Gasteiger partial charge >= 0.3 is 0 Å². The summed E-state index contributed by atoms with van der Waals surface area (Å²) in [5, 5.41) is 5.48. The van der Waals surface area contributed by atoms with Gasteiger partial charge in [-0.1, -0.05) is 11.6 Å². The predicted octanol–water partition coefficient (Wildman–Crippen LogP) is 3.59. The van der Waals surface area contributed by atoms with E-state index in [-0.39, 0.29) is 5.25 Å². The first-order valence-corrected chi connectivity index (χ1v) is 10.8. The highest BCUT2D eigenvalue weighted by molar-refractivity contribution is 14.1. The van der Waals surface area contributed by atoms with Gasteiger partial charge < -0.3 is 4.74 Å². The zero-order valence-corrected chi connectivity index (χ0v) is 17.3. The van der Waals surface area contributed by atoms with Crippen LogP contribution in [0.3, 0.4) is 0 Å². The summed E-state index contributed by atoms with van der Waals surface area (Å²) >= 11 is 8.16. The van der Waals surface area contributed by atoms with E-state index in [0.29, 0.717) is 35.1 Å². The number of benzene rings is 1. The molecule has 0 aliphatic heterocycles. The Bertz CT molecular complexity index is 1110. The van der Waals surface area contributed by atoms with Crippen LogP contribution in [0.25, 0.3) is 16.6 Å². The molecule has 0 amide bonds. The Kier molecular flexibility index (Phi) is 4.48. The zero-order valence-electron chi connectivity index (χ0n) is 13.6. The molecule has 4 rings (SSSR count). The van der Waals surface area contributed by atoms with E-state index in [0.717, 1.165) is 14.6 Å². The standard InChI is InChI=1S/C16H14ClIN4O3S/c1-25-14-6-9(21-26(23,24)10-3-4-10)2-5-12(14)22-13-7-15(17)19-8-11(13)16(18)20-22/h2,5-8,10,21H,3-4H2,1H3. The van der Waals surface area contributed by atoms with Crippen LogP contribution in [-0.4, -0.2) is 35.5 Å². The number of fused-ring (bicyclic) bond motifs is 1. The number of hydrogen-bond acceptors (Lipinski definition) is 5. The van der Waals surface area contributed by atoms with E-state index < -0.39 is 10.0 Å². The molecule has 0 atom stereocenters. The molecule has 1 saturated carbocycles. The number of aromatic nitrogens is 3. The van der Waals surface area contributed by atoms with Crippen molar-refractivity contribution in [2.24, 2.45) is 0 Å². The molecule has 2 aromatic heterocycles. The second-order valence-electron chi connectivity index (χ2n) is 5.96. The van der Waals surface area contributed by atoms with Crippen molar-refractivity contribution in [2.45, 2.75) is 18.1 Å². The monoisotopic (exact) mass is 504 g/mol. The summed E-state index contributed by atoms with van der Waals surface area (Å²) in [5.74, 6) is 0.495. The number of sulfonamides is 1. The molecule has 136 valence electrons. The van der Waals surface area contributed by atoms with Gasteiger partial charge in [0.05, 0.1) is 29.0 Å². The molecule has 1 fully saturated rings. The van der Waals surface area contributed by atoms with Crippen LogP contribution >= 0.6 is 34.2 Å². The van der Waals surface area contributed by atoms with Gasteiger partial charge in [-0.05, 0) is 47.6 Å². The van der Waals surface area contributed by atoms with Gasteiger partial charge in [-0.25, -0.2) is 18.1 Å². The van der Waals surface area contributed by atoms with E-state index in [1.54, 1.807) is 35.1 Å². The van der Waals surface area contributed by atoms with Crippen molar-refractivity contribution in [1.29, 1.82) is 0 Å². The van der Waals surface area contributed by atoms with Gasteiger partial charge in [-0.15, -0.1) is 0 Å². The van der Waals surface area contributed by atoms with Crippen molar-refractivity contribution >= 4 is 60.8 Å². The molecule has 0 unspecified atom stereocenters. The fraction of sp³-hybridized carbons (Fsp3) is 0.250. The van der Waals surface area contributed by atoms with E-state index in [1.165, 1.54) is 7.11 Å². The quantitative estimate of drug-likeness (QED) is 0.424. The van der Waals surface area contributed by atoms with Crippen molar-refractivity contribution in [1.82, 2.24) is 14.8 Å². The summed E-state index contributed by atoms with van der Waals surface area (Å²) in [5.41, 5.74) is 1.93. The number of pyridine rings is 1. The van der Waals surface area contributed by atoms with Crippen LogP contribution in [-0.2, 0) is 10.0 Å². The Morgan fingerprint density at radius 2 is 2.12 bits per heavy atom. The molecule has 10 heteroatoms. The average Bonchev–Trinajstić information content (AvgIpc) is 3.41. The number of hydrogen-bond donors (Lipinski definition) is 1. The Balaban J connectivity index is 1.79. The molecular weight excluding hydrogens is 491 g/mol. The van der Waals surface area contributed by atoms with Crippen molar-refractivity contribution < 1.29 is 13.2 Å². The molecule has 0 radical (unpaired) electrons. The van der Waals surface area contributed by atoms with Crippen LogP contribution in [0.5, 0.6) is 5.75 Å². The molecule has 7 nitrogen and oxygen atoms in total. The van der Waals surface area contributed by atoms with E-state index >= 15 is 0 Å². The van der Waals surface area contributed by atoms with Crippen molar-refractivity contribution in [3.8, 4) is 11.4 Å². The van der Waals surface area contributed by atoms with Crippen molar-refractivity contribution in [3.63, 3.8) is 0 Å². The van der Waals surface area contributed by atoms with Crippen molar-refractivity contribution in [3.05, 3.63) is 39.3 Å². The first kappa shape index (κ1) is 17.8. The Morgan fingerprint density at radius 1 is 1.35 bits per heavy atom. The topological polar surface area (TPSA) is 86.1 Å². The molecule has 1 N–H and O–H groups in total. The zero-order chi connectivity index (χ0) is 18.5. The third-order valence-corrected chi connectivity index (χ3v) is 6.99. The van der Waals surface area contributed by atoms with E-state index in [4.69, 9.17) is 16.3 Å². The predicted molar refractivity (Wildman–Crippen MR) is 109 cm³/mol. The molecule has 3 aromatic rings. The minimum absolute atomic E-state index is 0.292. The van der Waals surface area contributed by atoms with Crippen molar-refractivity contribution in [2.75, 3.05) is 11.8 Å². The maximum absolute atomic E-state index is 12.1.